The molecule has 1 atom stereocenters. The predicted octanol–water partition coefficient (Wildman–Crippen LogP) is 3.76. The van der Waals surface area contributed by atoms with Gasteiger partial charge in [0.15, 0.2) is 17.2 Å². The molecule has 0 unspecified atom stereocenters. The van der Waals surface area contributed by atoms with E-state index in [1.807, 2.05) is 40.7 Å². The maximum absolute atomic E-state index is 14.2. The molecule has 0 bridgehead atoms. The van der Waals surface area contributed by atoms with Gasteiger partial charge in [-0.05, 0) is 87.1 Å². The van der Waals surface area contributed by atoms with Crippen molar-refractivity contribution in [2.75, 3.05) is 24.9 Å². The van der Waals surface area contributed by atoms with E-state index in [4.69, 9.17) is 20.9 Å². The summed E-state index contributed by atoms with van der Waals surface area (Å²) in [7, 11) is 3.00. The van der Waals surface area contributed by atoms with Gasteiger partial charge in [-0.1, -0.05) is 12.1 Å². The van der Waals surface area contributed by atoms with Gasteiger partial charge in [-0.2, -0.15) is 4.37 Å². The molecule has 0 saturated heterocycles. The van der Waals surface area contributed by atoms with Crippen LogP contribution in [0.2, 0.25) is 0 Å². The molecule has 2 aromatic carbocycles. The Balaban J connectivity index is 2.33. The van der Waals surface area contributed by atoms with Gasteiger partial charge in [0.25, 0.3) is 11.8 Å². The fraction of sp³-hybridized carbons (Fsp3) is 0.333. The largest absolute Gasteiger partial charge is 0.493 e. The fourth-order valence-electron chi connectivity index (χ4n) is 4.09. The van der Waals surface area contributed by atoms with Crippen LogP contribution >= 0.6 is 11.5 Å². The number of carbonyl (C=O) groups excluding carboxylic acids is 3. The molecule has 3 aromatic rings. The zero-order valence-electron chi connectivity index (χ0n) is 22.5. The molecular weight excluding hydrogens is 506 g/mol. The van der Waals surface area contributed by atoms with Crippen LogP contribution in [0.5, 0.6) is 11.5 Å². The summed E-state index contributed by atoms with van der Waals surface area (Å²) in [6, 6.07) is 9.42. The van der Waals surface area contributed by atoms with Crippen molar-refractivity contribution in [3.05, 3.63) is 63.7 Å². The van der Waals surface area contributed by atoms with Crippen LogP contribution in [0, 0.1) is 13.8 Å². The fourth-order valence-corrected chi connectivity index (χ4v) is 4.83. The Morgan fingerprint density at radius 1 is 1.00 bits per heavy atom. The second-order valence-corrected chi connectivity index (χ2v) is 10.7. The van der Waals surface area contributed by atoms with E-state index in [-0.39, 0.29) is 16.3 Å². The summed E-state index contributed by atoms with van der Waals surface area (Å²) >= 11 is 0.752. The molecular formula is C27H33N5O5S. The number of hydrogen-bond acceptors (Lipinski definition) is 8. The number of nitrogens with one attached hydrogen (secondary N) is 1. The van der Waals surface area contributed by atoms with Crippen molar-refractivity contribution >= 4 is 40.6 Å². The number of aryl methyl sites for hydroxylation is 2. The lowest BCUT2D eigenvalue weighted by atomic mass is 9.99. The summed E-state index contributed by atoms with van der Waals surface area (Å²) in [5.41, 5.74) is 13.3. The van der Waals surface area contributed by atoms with E-state index in [0.29, 0.717) is 22.7 Å². The first kappa shape index (κ1) is 28.5. The van der Waals surface area contributed by atoms with Crippen LogP contribution in [-0.2, 0) is 4.79 Å². The van der Waals surface area contributed by atoms with Crippen LogP contribution in [0.1, 0.15) is 63.7 Å². The molecule has 0 aliphatic rings. The minimum absolute atomic E-state index is 0.00741. The number of nitrogens with zero attached hydrogens (tertiary/aromatic N) is 2. The SMILES string of the molecule is COc1ccc([C@H](C(=O)NC(C)(C)C)N(C(=O)c2snc(C(N)=O)c2N)c2cc(C)cc(C)c2)cc1OC. The standard InChI is InChI=1S/C27H33N5O5S/c1-14-10-15(2)12-17(11-14)32(26(35)23-20(28)21(24(29)33)31-38-23)22(25(34)30-27(3,4)5)16-8-9-18(36-6)19(13-16)37-7/h8-13,22H,28H2,1-7H3,(H2,29,33)(H,30,34)/t22-/m1/s1. The number of aromatic nitrogens is 1. The summed E-state index contributed by atoms with van der Waals surface area (Å²) in [6.45, 7) is 9.33. The maximum atomic E-state index is 14.2. The molecule has 5 N–H and O–H groups in total. The first-order valence-electron chi connectivity index (χ1n) is 11.8. The third-order valence-electron chi connectivity index (χ3n) is 5.59. The van der Waals surface area contributed by atoms with Gasteiger partial charge in [-0.15, -0.1) is 0 Å². The van der Waals surface area contributed by atoms with Gasteiger partial charge in [-0.25, -0.2) is 0 Å². The number of methoxy groups -OCH3 is 2. The third kappa shape index (κ3) is 6.05. The predicted molar refractivity (Wildman–Crippen MR) is 148 cm³/mol. The molecule has 0 fully saturated rings. The van der Waals surface area contributed by atoms with Gasteiger partial charge in [0.05, 0.1) is 19.9 Å². The van der Waals surface area contributed by atoms with Gasteiger partial charge in [0.2, 0.25) is 5.91 Å². The van der Waals surface area contributed by atoms with E-state index in [1.54, 1.807) is 30.3 Å². The highest BCUT2D eigenvalue weighted by Crippen LogP contribution is 2.37. The summed E-state index contributed by atoms with van der Waals surface area (Å²) in [5, 5.41) is 2.99. The van der Waals surface area contributed by atoms with Gasteiger partial charge in [0, 0.05) is 11.2 Å². The molecule has 3 amide bonds. The van der Waals surface area contributed by atoms with Gasteiger partial charge < -0.3 is 26.3 Å². The van der Waals surface area contributed by atoms with E-state index in [0.717, 1.165) is 22.7 Å². The van der Waals surface area contributed by atoms with Gasteiger partial charge in [-0.3, -0.25) is 19.3 Å². The minimum atomic E-state index is -1.15. The highest BCUT2D eigenvalue weighted by Gasteiger charge is 2.37. The molecule has 0 saturated carbocycles. The van der Waals surface area contributed by atoms with Crippen LogP contribution in [0.25, 0.3) is 0 Å². The van der Waals surface area contributed by atoms with Crippen molar-refractivity contribution in [3.8, 4) is 11.5 Å². The first-order chi connectivity index (χ1) is 17.8. The zero-order valence-corrected chi connectivity index (χ0v) is 23.4. The molecule has 202 valence electrons. The monoisotopic (exact) mass is 539 g/mol. The number of rotatable bonds is 8. The highest BCUT2D eigenvalue weighted by atomic mass is 32.1. The second-order valence-electron chi connectivity index (χ2n) is 9.92. The quantitative estimate of drug-likeness (QED) is 0.394. The average molecular weight is 540 g/mol. The summed E-state index contributed by atoms with van der Waals surface area (Å²) in [5.74, 6) is -1.04. The number of nitrogens with two attached hydrogens (primary N) is 2. The summed E-state index contributed by atoms with van der Waals surface area (Å²) < 4.78 is 14.9. The van der Waals surface area contributed by atoms with Crippen molar-refractivity contribution in [1.82, 2.24) is 9.69 Å². The van der Waals surface area contributed by atoms with Crippen LogP contribution in [0.3, 0.4) is 0 Å². The Bertz CT molecular complexity index is 1360. The van der Waals surface area contributed by atoms with E-state index < -0.39 is 29.3 Å². The topological polar surface area (TPSA) is 150 Å². The van der Waals surface area contributed by atoms with Crippen LogP contribution in [0.15, 0.2) is 36.4 Å². The summed E-state index contributed by atoms with van der Waals surface area (Å²) in [4.78, 5) is 41.3. The van der Waals surface area contributed by atoms with E-state index >= 15 is 0 Å². The number of carbonyl (C=O) groups is 3. The molecule has 3 rings (SSSR count). The van der Waals surface area contributed by atoms with Crippen LogP contribution in [-0.4, -0.2) is 41.9 Å². The van der Waals surface area contributed by atoms with Crippen molar-refractivity contribution in [1.29, 1.82) is 0 Å². The van der Waals surface area contributed by atoms with Crippen molar-refractivity contribution < 1.29 is 23.9 Å². The van der Waals surface area contributed by atoms with Crippen molar-refractivity contribution in [2.45, 2.75) is 46.2 Å². The lowest BCUT2D eigenvalue weighted by molar-refractivity contribution is -0.123. The lowest BCUT2D eigenvalue weighted by Crippen LogP contribution is -2.49. The zero-order chi connectivity index (χ0) is 28.4. The number of amides is 3. The average Bonchev–Trinajstić information content (AvgIpc) is 3.21. The Hall–Kier alpha value is -4.12. The van der Waals surface area contributed by atoms with Crippen molar-refractivity contribution in [2.24, 2.45) is 5.73 Å². The third-order valence-corrected chi connectivity index (χ3v) is 6.44. The van der Waals surface area contributed by atoms with Crippen LogP contribution in [0.4, 0.5) is 11.4 Å². The molecule has 11 heteroatoms. The Morgan fingerprint density at radius 2 is 1.61 bits per heavy atom. The lowest BCUT2D eigenvalue weighted by Gasteiger charge is -2.34. The Morgan fingerprint density at radius 3 is 2.11 bits per heavy atom. The van der Waals surface area contributed by atoms with E-state index in [2.05, 4.69) is 9.69 Å². The van der Waals surface area contributed by atoms with Gasteiger partial charge in [0.1, 0.15) is 10.9 Å². The highest BCUT2D eigenvalue weighted by molar-refractivity contribution is 7.09. The van der Waals surface area contributed by atoms with Crippen molar-refractivity contribution in [3.63, 3.8) is 0 Å². The molecule has 1 aromatic heterocycles. The molecule has 0 radical (unpaired) electrons. The van der Waals surface area contributed by atoms with E-state index in [9.17, 15) is 14.4 Å². The maximum Gasteiger partial charge on any atom is 0.273 e. The first-order valence-corrected chi connectivity index (χ1v) is 12.6. The molecule has 10 nitrogen and oxygen atoms in total. The molecule has 0 spiro atoms. The van der Waals surface area contributed by atoms with Gasteiger partial charge >= 0.3 is 0 Å². The number of nitrogen functional groups attached to an aromatic ring is 1. The molecule has 38 heavy (non-hydrogen) atoms. The molecule has 0 aliphatic heterocycles. The molecule has 1 heterocycles. The number of benzene rings is 2. The Labute approximate surface area is 226 Å². The number of hydrogen-bond donors (Lipinski definition) is 3. The Kier molecular flexibility index (Phi) is 8.31. The van der Waals surface area contributed by atoms with E-state index in [1.165, 1.54) is 19.1 Å². The molecule has 0 aliphatic carbocycles. The summed E-state index contributed by atoms with van der Waals surface area (Å²) in [6.07, 6.45) is 0. The van der Waals surface area contributed by atoms with Crippen LogP contribution < -0.4 is 31.2 Å². The smallest absolute Gasteiger partial charge is 0.273 e. The normalized spacial score (nSPS) is 12.0. The number of ether oxygens (including phenoxy) is 2. The number of anilines is 2. The minimum Gasteiger partial charge on any atom is -0.493 e. The number of primary amides is 1. The second kappa shape index (κ2) is 11.1.